The number of likely N-dealkylation sites (tertiary alicyclic amines) is 1. The van der Waals surface area contributed by atoms with E-state index in [1.165, 1.54) is 5.56 Å². The second kappa shape index (κ2) is 7.81. The van der Waals surface area contributed by atoms with E-state index < -0.39 is 0 Å². The van der Waals surface area contributed by atoms with Crippen molar-refractivity contribution in [2.45, 2.75) is 25.6 Å². The predicted octanol–water partition coefficient (Wildman–Crippen LogP) is 2.26. The van der Waals surface area contributed by atoms with Crippen molar-refractivity contribution < 1.29 is 0 Å². The van der Waals surface area contributed by atoms with Crippen molar-refractivity contribution in [3.05, 3.63) is 76.7 Å². The average molecular weight is 348 g/mol. The first-order chi connectivity index (χ1) is 12.8. The molecular weight excluding hydrogens is 324 g/mol. The molecule has 0 aliphatic carbocycles. The number of hydrogen-bond donors (Lipinski definition) is 1. The van der Waals surface area contributed by atoms with Crippen LogP contribution in [0.25, 0.3) is 10.8 Å². The molecule has 1 aromatic heterocycles. The summed E-state index contributed by atoms with van der Waals surface area (Å²) in [5.41, 5.74) is 1.35. The number of aromatic nitrogens is 2. The summed E-state index contributed by atoms with van der Waals surface area (Å²) in [6, 6.07) is 18.7. The Hall–Kier alpha value is -2.50. The van der Waals surface area contributed by atoms with Crippen molar-refractivity contribution >= 4 is 10.8 Å². The van der Waals surface area contributed by atoms with Crippen LogP contribution < -0.4 is 10.9 Å². The smallest absolute Gasteiger partial charge is 0.274 e. The van der Waals surface area contributed by atoms with Gasteiger partial charge in [-0.05, 0) is 18.1 Å². The Bertz CT molecular complexity index is 922. The summed E-state index contributed by atoms with van der Waals surface area (Å²) in [6.07, 6.45) is 2.92. The van der Waals surface area contributed by atoms with E-state index in [1.807, 2.05) is 24.3 Å². The Balaban J connectivity index is 1.29. The lowest BCUT2D eigenvalue weighted by Crippen LogP contribution is -2.36. The molecule has 4 rings (SSSR count). The van der Waals surface area contributed by atoms with E-state index in [0.29, 0.717) is 12.6 Å². The second-order valence-electron chi connectivity index (χ2n) is 6.92. The SMILES string of the molecule is O=c1c2ccccc2cnn1CCNC1CCN(Cc2ccccc2)C1. The summed E-state index contributed by atoms with van der Waals surface area (Å²) in [5, 5.41) is 9.51. The van der Waals surface area contributed by atoms with Crippen molar-refractivity contribution in [3.63, 3.8) is 0 Å². The van der Waals surface area contributed by atoms with Gasteiger partial charge in [-0.2, -0.15) is 5.10 Å². The fourth-order valence-electron chi connectivity index (χ4n) is 3.65. The van der Waals surface area contributed by atoms with E-state index in [4.69, 9.17) is 0 Å². The third kappa shape index (κ3) is 3.84. The molecule has 5 nitrogen and oxygen atoms in total. The number of benzene rings is 2. The Morgan fingerprint density at radius 1 is 1.08 bits per heavy atom. The lowest BCUT2D eigenvalue weighted by molar-refractivity contribution is 0.319. The van der Waals surface area contributed by atoms with Gasteiger partial charge in [0.15, 0.2) is 0 Å². The van der Waals surface area contributed by atoms with E-state index in [9.17, 15) is 4.79 Å². The summed E-state index contributed by atoms with van der Waals surface area (Å²) in [4.78, 5) is 15.0. The van der Waals surface area contributed by atoms with E-state index in [-0.39, 0.29) is 5.56 Å². The molecule has 0 spiro atoms. The first-order valence-corrected chi connectivity index (χ1v) is 9.24. The maximum absolute atomic E-state index is 12.5. The van der Waals surface area contributed by atoms with Crippen LogP contribution in [0.4, 0.5) is 0 Å². The van der Waals surface area contributed by atoms with Crippen molar-refractivity contribution in [3.8, 4) is 0 Å². The summed E-state index contributed by atoms with van der Waals surface area (Å²) >= 11 is 0. The van der Waals surface area contributed by atoms with Gasteiger partial charge in [0, 0.05) is 37.6 Å². The summed E-state index contributed by atoms with van der Waals surface area (Å²) in [5.74, 6) is 0. The highest BCUT2D eigenvalue weighted by Crippen LogP contribution is 2.13. The highest BCUT2D eigenvalue weighted by atomic mass is 16.1. The molecule has 2 aromatic carbocycles. The Kier molecular flexibility index (Phi) is 5.09. The molecule has 3 aromatic rings. The molecule has 1 fully saturated rings. The number of nitrogens with one attached hydrogen (secondary N) is 1. The van der Waals surface area contributed by atoms with Gasteiger partial charge >= 0.3 is 0 Å². The summed E-state index contributed by atoms with van der Waals surface area (Å²) in [7, 11) is 0. The minimum atomic E-state index is -0.0120. The van der Waals surface area contributed by atoms with Crippen LogP contribution in [0.15, 0.2) is 65.6 Å². The van der Waals surface area contributed by atoms with Gasteiger partial charge in [-0.25, -0.2) is 4.68 Å². The predicted molar refractivity (Wildman–Crippen MR) is 104 cm³/mol. The van der Waals surface area contributed by atoms with Gasteiger partial charge in [0.1, 0.15) is 0 Å². The number of fused-ring (bicyclic) bond motifs is 1. The molecule has 0 saturated carbocycles. The molecule has 1 unspecified atom stereocenters. The molecule has 2 heterocycles. The fourth-order valence-corrected chi connectivity index (χ4v) is 3.65. The first-order valence-electron chi connectivity index (χ1n) is 9.24. The zero-order chi connectivity index (χ0) is 17.8. The average Bonchev–Trinajstić information content (AvgIpc) is 3.12. The van der Waals surface area contributed by atoms with E-state index in [1.54, 1.807) is 10.9 Å². The van der Waals surface area contributed by atoms with Crippen molar-refractivity contribution in [1.82, 2.24) is 20.0 Å². The molecule has 5 heteroatoms. The lowest BCUT2D eigenvalue weighted by Gasteiger charge is -2.17. The Morgan fingerprint density at radius 2 is 1.88 bits per heavy atom. The zero-order valence-electron chi connectivity index (χ0n) is 14.8. The van der Waals surface area contributed by atoms with Crippen LogP contribution in [-0.4, -0.2) is 40.4 Å². The van der Waals surface area contributed by atoms with Crippen LogP contribution in [0.1, 0.15) is 12.0 Å². The molecule has 1 saturated heterocycles. The van der Waals surface area contributed by atoms with Crippen LogP contribution in [0.2, 0.25) is 0 Å². The standard InChI is InChI=1S/C21H24N4O/c26-21-20-9-5-4-8-18(20)14-23-25(21)13-11-22-19-10-12-24(16-19)15-17-6-2-1-3-7-17/h1-9,14,19,22H,10-13,15-16H2. The molecule has 1 N–H and O–H groups in total. The number of nitrogens with zero attached hydrogens (tertiary/aromatic N) is 3. The Labute approximate surface area is 153 Å². The van der Waals surface area contributed by atoms with Crippen LogP contribution >= 0.6 is 0 Å². The molecule has 0 bridgehead atoms. The molecule has 0 radical (unpaired) electrons. The van der Waals surface area contributed by atoms with Gasteiger partial charge in [0.25, 0.3) is 5.56 Å². The van der Waals surface area contributed by atoms with Crippen LogP contribution in [-0.2, 0) is 13.1 Å². The van der Waals surface area contributed by atoms with Gasteiger partial charge < -0.3 is 5.32 Å². The van der Waals surface area contributed by atoms with Gasteiger partial charge in [-0.15, -0.1) is 0 Å². The molecule has 0 amide bonds. The van der Waals surface area contributed by atoms with Gasteiger partial charge in [0.05, 0.1) is 18.1 Å². The third-order valence-electron chi connectivity index (χ3n) is 5.04. The van der Waals surface area contributed by atoms with Gasteiger partial charge in [-0.1, -0.05) is 48.5 Å². The number of rotatable bonds is 6. The lowest BCUT2D eigenvalue weighted by atomic mass is 10.2. The fraction of sp³-hybridized carbons (Fsp3) is 0.333. The maximum atomic E-state index is 12.5. The van der Waals surface area contributed by atoms with Gasteiger partial charge in [0.2, 0.25) is 0 Å². The molecular formula is C21H24N4O. The molecule has 26 heavy (non-hydrogen) atoms. The monoisotopic (exact) mass is 348 g/mol. The van der Waals surface area contributed by atoms with Crippen molar-refractivity contribution in [1.29, 1.82) is 0 Å². The van der Waals surface area contributed by atoms with Crippen LogP contribution in [0.5, 0.6) is 0 Å². The zero-order valence-corrected chi connectivity index (χ0v) is 14.8. The number of hydrogen-bond acceptors (Lipinski definition) is 4. The molecule has 1 aliphatic heterocycles. The topological polar surface area (TPSA) is 50.2 Å². The minimum absolute atomic E-state index is 0.0120. The largest absolute Gasteiger partial charge is 0.311 e. The Morgan fingerprint density at radius 3 is 2.77 bits per heavy atom. The molecule has 1 atom stereocenters. The van der Waals surface area contributed by atoms with Crippen LogP contribution in [0.3, 0.4) is 0 Å². The van der Waals surface area contributed by atoms with Crippen molar-refractivity contribution in [2.24, 2.45) is 0 Å². The maximum Gasteiger partial charge on any atom is 0.274 e. The highest BCUT2D eigenvalue weighted by molar-refractivity contribution is 5.80. The summed E-state index contributed by atoms with van der Waals surface area (Å²) < 4.78 is 1.56. The van der Waals surface area contributed by atoms with E-state index >= 15 is 0 Å². The van der Waals surface area contributed by atoms with Crippen molar-refractivity contribution in [2.75, 3.05) is 19.6 Å². The third-order valence-corrected chi connectivity index (χ3v) is 5.04. The second-order valence-corrected chi connectivity index (χ2v) is 6.92. The van der Waals surface area contributed by atoms with E-state index in [2.05, 4.69) is 45.6 Å². The van der Waals surface area contributed by atoms with E-state index in [0.717, 1.165) is 43.4 Å². The van der Waals surface area contributed by atoms with Gasteiger partial charge in [-0.3, -0.25) is 9.69 Å². The summed E-state index contributed by atoms with van der Waals surface area (Å²) in [6.45, 7) is 4.52. The quantitative estimate of drug-likeness (QED) is 0.742. The normalized spacial score (nSPS) is 17.8. The van der Waals surface area contributed by atoms with Crippen LogP contribution in [0, 0.1) is 0 Å². The molecule has 1 aliphatic rings. The highest BCUT2D eigenvalue weighted by Gasteiger charge is 2.21. The minimum Gasteiger partial charge on any atom is -0.311 e. The first kappa shape index (κ1) is 16.9. The molecule has 134 valence electrons.